The second-order valence-electron chi connectivity index (χ2n) is 4.26. The van der Waals surface area contributed by atoms with Crippen LogP contribution < -0.4 is 4.74 Å². The number of rotatable bonds is 2. The maximum atomic E-state index is 5.83. The Labute approximate surface area is 107 Å². The molecule has 0 amide bonds. The van der Waals surface area contributed by atoms with Gasteiger partial charge in [0, 0.05) is 0 Å². The zero-order chi connectivity index (χ0) is 12.2. The molecule has 0 aliphatic carbocycles. The second-order valence-corrected chi connectivity index (χ2v) is 4.26. The Kier molecular flexibility index (Phi) is 2.97. The summed E-state index contributed by atoms with van der Waals surface area (Å²) in [5.74, 6) is 1.88. The van der Waals surface area contributed by atoms with E-state index in [4.69, 9.17) is 4.74 Å². The molecule has 0 unspecified atom stereocenters. The summed E-state index contributed by atoms with van der Waals surface area (Å²) in [6.07, 6.45) is 7.14. The molecule has 1 heterocycles. The van der Waals surface area contributed by atoms with E-state index in [0.717, 1.165) is 17.9 Å². The SMILES string of the molecule is C1=C(/C=C/c2ccccc2)Oc2ccccc2C1. The van der Waals surface area contributed by atoms with Gasteiger partial charge in [0.05, 0.1) is 0 Å². The van der Waals surface area contributed by atoms with Crippen LogP contribution in [0.4, 0.5) is 0 Å². The van der Waals surface area contributed by atoms with E-state index in [1.165, 1.54) is 11.1 Å². The van der Waals surface area contributed by atoms with Crippen molar-refractivity contribution in [3.05, 3.63) is 83.6 Å². The first-order chi connectivity index (χ1) is 8.92. The lowest BCUT2D eigenvalue weighted by molar-refractivity contribution is 0.429. The van der Waals surface area contributed by atoms with Crippen molar-refractivity contribution in [2.45, 2.75) is 6.42 Å². The van der Waals surface area contributed by atoms with Gasteiger partial charge in [-0.3, -0.25) is 0 Å². The van der Waals surface area contributed by atoms with Crippen molar-refractivity contribution in [1.29, 1.82) is 0 Å². The smallest absolute Gasteiger partial charge is 0.130 e. The lowest BCUT2D eigenvalue weighted by Gasteiger charge is -2.15. The summed E-state index contributed by atoms with van der Waals surface area (Å²) < 4.78 is 5.83. The number of fused-ring (bicyclic) bond motifs is 1. The molecule has 1 heteroatoms. The Morgan fingerprint density at radius 1 is 0.833 bits per heavy atom. The third-order valence-electron chi connectivity index (χ3n) is 2.96. The van der Waals surface area contributed by atoms with E-state index in [0.29, 0.717) is 0 Å². The third kappa shape index (κ3) is 2.35. The molecular weight excluding hydrogens is 220 g/mol. The minimum atomic E-state index is 0.914. The number of benzene rings is 2. The minimum Gasteiger partial charge on any atom is -0.457 e. The first kappa shape index (κ1) is 10.8. The number of hydrogen-bond acceptors (Lipinski definition) is 1. The fourth-order valence-corrected chi connectivity index (χ4v) is 2.00. The van der Waals surface area contributed by atoms with Crippen LogP contribution in [0.15, 0.2) is 72.5 Å². The molecule has 18 heavy (non-hydrogen) atoms. The molecule has 2 aromatic rings. The Morgan fingerprint density at radius 2 is 1.61 bits per heavy atom. The number of hydrogen-bond donors (Lipinski definition) is 0. The molecule has 0 N–H and O–H groups in total. The molecule has 1 aliphatic rings. The van der Waals surface area contributed by atoms with Crippen molar-refractivity contribution in [2.75, 3.05) is 0 Å². The Hall–Kier alpha value is -2.28. The maximum absolute atomic E-state index is 5.83. The summed E-state index contributed by atoms with van der Waals surface area (Å²) in [7, 11) is 0. The molecule has 0 bridgehead atoms. The zero-order valence-corrected chi connectivity index (χ0v) is 10.0. The van der Waals surface area contributed by atoms with E-state index in [9.17, 15) is 0 Å². The van der Waals surface area contributed by atoms with Crippen LogP contribution in [-0.2, 0) is 6.42 Å². The van der Waals surface area contributed by atoms with Crippen molar-refractivity contribution in [1.82, 2.24) is 0 Å². The van der Waals surface area contributed by atoms with Gasteiger partial charge >= 0.3 is 0 Å². The van der Waals surface area contributed by atoms with Crippen molar-refractivity contribution in [3.63, 3.8) is 0 Å². The van der Waals surface area contributed by atoms with Crippen molar-refractivity contribution < 1.29 is 4.74 Å². The summed E-state index contributed by atoms with van der Waals surface area (Å²) in [6, 6.07) is 18.4. The molecule has 0 radical (unpaired) electrons. The fourth-order valence-electron chi connectivity index (χ4n) is 2.00. The molecular formula is C17H14O. The minimum absolute atomic E-state index is 0.914. The summed E-state index contributed by atoms with van der Waals surface area (Å²) >= 11 is 0. The van der Waals surface area contributed by atoms with Crippen molar-refractivity contribution in [2.24, 2.45) is 0 Å². The van der Waals surface area contributed by atoms with E-state index in [-0.39, 0.29) is 0 Å². The van der Waals surface area contributed by atoms with Gasteiger partial charge in [-0.25, -0.2) is 0 Å². The van der Waals surface area contributed by atoms with E-state index >= 15 is 0 Å². The lowest BCUT2D eigenvalue weighted by Crippen LogP contribution is -2.02. The van der Waals surface area contributed by atoms with Gasteiger partial charge in [-0.1, -0.05) is 54.6 Å². The van der Waals surface area contributed by atoms with Crippen LogP contribution in [0.2, 0.25) is 0 Å². The van der Waals surface area contributed by atoms with E-state index in [1.807, 2.05) is 42.5 Å². The monoisotopic (exact) mass is 234 g/mol. The first-order valence-corrected chi connectivity index (χ1v) is 6.11. The van der Waals surface area contributed by atoms with Gasteiger partial charge in [0.15, 0.2) is 0 Å². The van der Waals surface area contributed by atoms with Gasteiger partial charge in [-0.15, -0.1) is 0 Å². The Bertz CT molecular complexity index is 594. The molecule has 0 atom stereocenters. The Morgan fingerprint density at radius 3 is 2.50 bits per heavy atom. The van der Waals surface area contributed by atoms with E-state index in [2.05, 4.69) is 30.4 Å². The van der Waals surface area contributed by atoms with Crippen LogP contribution in [0.5, 0.6) is 5.75 Å². The van der Waals surface area contributed by atoms with Gasteiger partial charge in [-0.05, 0) is 35.8 Å². The van der Waals surface area contributed by atoms with Crippen LogP contribution in [0.1, 0.15) is 11.1 Å². The van der Waals surface area contributed by atoms with Crippen molar-refractivity contribution in [3.8, 4) is 5.75 Å². The largest absolute Gasteiger partial charge is 0.457 e. The fraction of sp³-hybridized carbons (Fsp3) is 0.0588. The third-order valence-corrected chi connectivity index (χ3v) is 2.96. The highest BCUT2D eigenvalue weighted by atomic mass is 16.5. The highest BCUT2D eigenvalue weighted by Crippen LogP contribution is 2.26. The summed E-state index contributed by atoms with van der Waals surface area (Å²) in [6.45, 7) is 0. The maximum Gasteiger partial charge on any atom is 0.130 e. The first-order valence-electron chi connectivity index (χ1n) is 6.11. The van der Waals surface area contributed by atoms with Gasteiger partial charge in [-0.2, -0.15) is 0 Å². The van der Waals surface area contributed by atoms with Crippen LogP contribution in [0.3, 0.4) is 0 Å². The molecule has 3 rings (SSSR count). The number of para-hydroxylation sites is 1. The standard InChI is InChI=1S/C17H14O/c1-2-6-14(7-3-1)10-12-16-13-11-15-8-4-5-9-17(15)18-16/h1-10,12-13H,11H2/b12-10+. The molecule has 0 fully saturated rings. The lowest BCUT2D eigenvalue weighted by atomic mass is 10.1. The van der Waals surface area contributed by atoms with Crippen LogP contribution in [0.25, 0.3) is 6.08 Å². The average molecular weight is 234 g/mol. The average Bonchev–Trinajstić information content (AvgIpc) is 2.46. The summed E-state index contributed by atoms with van der Waals surface area (Å²) in [4.78, 5) is 0. The summed E-state index contributed by atoms with van der Waals surface area (Å²) in [5.41, 5.74) is 2.43. The van der Waals surface area contributed by atoms with Gasteiger partial charge in [0.25, 0.3) is 0 Å². The van der Waals surface area contributed by atoms with Gasteiger partial charge in [0.2, 0.25) is 0 Å². The molecule has 1 aliphatic heterocycles. The molecule has 0 aromatic heterocycles. The van der Waals surface area contributed by atoms with E-state index in [1.54, 1.807) is 0 Å². The summed E-state index contributed by atoms with van der Waals surface area (Å²) in [5, 5.41) is 0. The topological polar surface area (TPSA) is 9.23 Å². The van der Waals surface area contributed by atoms with E-state index < -0.39 is 0 Å². The predicted molar refractivity (Wildman–Crippen MR) is 74.3 cm³/mol. The van der Waals surface area contributed by atoms with Gasteiger partial charge < -0.3 is 4.74 Å². The quantitative estimate of drug-likeness (QED) is 0.756. The molecule has 88 valence electrons. The second kappa shape index (κ2) is 4.92. The zero-order valence-electron chi connectivity index (χ0n) is 10.0. The molecule has 1 nitrogen and oxygen atoms in total. The Balaban J connectivity index is 1.77. The highest BCUT2D eigenvalue weighted by Gasteiger charge is 2.08. The number of ether oxygens (including phenoxy) is 1. The highest BCUT2D eigenvalue weighted by molar-refractivity contribution is 5.53. The predicted octanol–water partition coefficient (Wildman–Crippen LogP) is 4.22. The number of allylic oxidation sites excluding steroid dienone is 2. The van der Waals surface area contributed by atoms with Crippen molar-refractivity contribution >= 4 is 6.08 Å². The van der Waals surface area contributed by atoms with Crippen LogP contribution in [-0.4, -0.2) is 0 Å². The molecule has 2 aromatic carbocycles. The molecule has 0 spiro atoms. The molecule has 0 saturated heterocycles. The normalized spacial score (nSPS) is 13.9. The molecule has 0 saturated carbocycles. The van der Waals surface area contributed by atoms with Crippen LogP contribution >= 0.6 is 0 Å². The van der Waals surface area contributed by atoms with Crippen LogP contribution in [0, 0.1) is 0 Å². The van der Waals surface area contributed by atoms with Gasteiger partial charge in [0.1, 0.15) is 11.5 Å².